The van der Waals surface area contributed by atoms with E-state index in [1.165, 1.54) is 12.1 Å². The molecule has 2 N–H and O–H groups in total. The van der Waals surface area contributed by atoms with Crippen LogP contribution in [0, 0.1) is 5.82 Å². The van der Waals surface area contributed by atoms with Crippen LogP contribution in [-0.4, -0.2) is 62.7 Å². The van der Waals surface area contributed by atoms with Gasteiger partial charge in [-0.1, -0.05) is 0 Å². The number of anilines is 1. The predicted octanol–water partition coefficient (Wildman–Crippen LogP) is 2.53. The summed E-state index contributed by atoms with van der Waals surface area (Å²) in [5.41, 5.74) is 1.10. The van der Waals surface area contributed by atoms with E-state index in [2.05, 4.69) is 46.2 Å². The van der Waals surface area contributed by atoms with Crippen molar-refractivity contribution in [1.82, 2.24) is 15.5 Å². The second-order valence-electron chi connectivity index (χ2n) is 6.36. The fourth-order valence-corrected chi connectivity index (χ4v) is 2.78. The zero-order valence-electron chi connectivity index (χ0n) is 15.5. The van der Waals surface area contributed by atoms with Crippen molar-refractivity contribution in [2.24, 2.45) is 4.99 Å². The average Bonchev–Trinajstić information content (AvgIpc) is 2.56. The number of hydrogen-bond donors (Lipinski definition) is 2. The van der Waals surface area contributed by atoms with Crippen LogP contribution in [0.3, 0.4) is 0 Å². The molecule has 0 unspecified atom stereocenters. The fourth-order valence-electron chi connectivity index (χ4n) is 2.78. The summed E-state index contributed by atoms with van der Waals surface area (Å²) in [6.45, 7) is 12.9. The monoisotopic (exact) mass is 463 g/mol. The number of hydrogen-bond acceptors (Lipinski definition) is 3. The minimum atomic E-state index is -0.179. The molecule has 0 spiro atoms. The molecule has 0 aliphatic carbocycles. The first-order valence-electron chi connectivity index (χ1n) is 8.86. The van der Waals surface area contributed by atoms with Gasteiger partial charge in [0, 0.05) is 51.0 Å². The number of guanidine groups is 1. The molecule has 25 heavy (non-hydrogen) atoms. The molecule has 2 rings (SSSR count). The highest BCUT2D eigenvalue weighted by molar-refractivity contribution is 14.0. The van der Waals surface area contributed by atoms with Crippen LogP contribution < -0.4 is 15.5 Å². The number of nitrogens with zero attached hydrogens (tertiary/aromatic N) is 3. The maximum absolute atomic E-state index is 13.0. The van der Waals surface area contributed by atoms with Crippen LogP contribution in [0.25, 0.3) is 0 Å². The first-order valence-corrected chi connectivity index (χ1v) is 8.86. The Kier molecular flexibility index (Phi) is 10.1. The van der Waals surface area contributed by atoms with Crippen molar-refractivity contribution < 1.29 is 4.39 Å². The highest BCUT2D eigenvalue weighted by Gasteiger charge is 2.16. The molecule has 1 saturated heterocycles. The molecule has 1 aliphatic heterocycles. The molecule has 1 fully saturated rings. The van der Waals surface area contributed by atoms with Crippen molar-refractivity contribution in [2.45, 2.75) is 26.8 Å². The maximum Gasteiger partial charge on any atom is 0.191 e. The van der Waals surface area contributed by atoms with Gasteiger partial charge in [-0.05, 0) is 45.0 Å². The second-order valence-corrected chi connectivity index (χ2v) is 6.36. The maximum atomic E-state index is 13.0. The molecule has 7 heteroatoms. The molecule has 0 aromatic heterocycles. The van der Waals surface area contributed by atoms with Gasteiger partial charge in [-0.3, -0.25) is 9.89 Å². The molecule has 0 bridgehead atoms. The lowest BCUT2D eigenvalue weighted by atomic mass is 10.2. The van der Waals surface area contributed by atoms with Crippen LogP contribution in [0.1, 0.15) is 20.8 Å². The van der Waals surface area contributed by atoms with Gasteiger partial charge in [-0.15, -0.1) is 24.0 Å². The third-order valence-electron chi connectivity index (χ3n) is 4.02. The normalized spacial score (nSPS) is 15.9. The molecular weight excluding hydrogens is 432 g/mol. The summed E-state index contributed by atoms with van der Waals surface area (Å²) < 4.78 is 13.0. The van der Waals surface area contributed by atoms with Crippen LogP contribution >= 0.6 is 24.0 Å². The zero-order chi connectivity index (χ0) is 17.4. The molecule has 1 aliphatic rings. The Morgan fingerprint density at radius 1 is 1.16 bits per heavy atom. The Bertz CT molecular complexity index is 513. The van der Waals surface area contributed by atoms with Crippen LogP contribution in [0.15, 0.2) is 29.3 Å². The summed E-state index contributed by atoms with van der Waals surface area (Å²) in [5.74, 6) is 0.708. The molecule has 1 heterocycles. The number of aliphatic imine (C=N–C) groups is 1. The standard InChI is InChI=1S/C18H30FN5.HI/c1-4-20-18(22-15(2)3)21-9-10-23-11-13-24(14-12-23)17-7-5-16(19)6-8-17;/h5-8,15H,4,9-14H2,1-3H3,(H2,20,21,22);1H. The fraction of sp³-hybridized carbons (Fsp3) is 0.611. The van der Waals surface area contributed by atoms with Crippen molar-refractivity contribution in [3.05, 3.63) is 30.1 Å². The van der Waals surface area contributed by atoms with E-state index in [9.17, 15) is 4.39 Å². The van der Waals surface area contributed by atoms with E-state index in [0.29, 0.717) is 6.04 Å². The largest absolute Gasteiger partial charge is 0.369 e. The molecule has 0 atom stereocenters. The van der Waals surface area contributed by atoms with E-state index in [0.717, 1.165) is 57.5 Å². The topological polar surface area (TPSA) is 42.9 Å². The smallest absolute Gasteiger partial charge is 0.191 e. The van der Waals surface area contributed by atoms with E-state index in [1.54, 1.807) is 0 Å². The summed E-state index contributed by atoms with van der Waals surface area (Å²) in [6, 6.07) is 7.15. The Labute approximate surface area is 168 Å². The van der Waals surface area contributed by atoms with E-state index in [1.807, 2.05) is 12.1 Å². The van der Waals surface area contributed by atoms with Gasteiger partial charge in [-0.25, -0.2) is 4.39 Å². The molecule has 0 amide bonds. The van der Waals surface area contributed by atoms with Crippen LogP contribution in [-0.2, 0) is 0 Å². The van der Waals surface area contributed by atoms with Gasteiger partial charge < -0.3 is 15.5 Å². The Balaban J connectivity index is 0.00000312. The number of rotatable bonds is 6. The predicted molar refractivity (Wildman–Crippen MR) is 115 cm³/mol. The Hall–Kier alpha value is -1.09. The van der Waals surface area contributed by atoms with Crippen molar-refractivity contribution >= 4 is 35.6 Å². The molecular formula is C18H31FIN5. The second kappa shape index (κ2) is 11.5. The third-order valence-corrected chi connectivity index (χ3v) is 4.02. The number of benzene rings is 1. The van der Waals surface area contributed by atoms with Crippen molar-refractivity contribution in [3.8, 4) is 0 Å². The number of nitrogens with one attached hydrogen (secondary N) is 2. The quantitative estimate of drug-likeness (QED) is 0.387. The van der Waals surface area contributed by atoms with Gasteiger partial charge in [0.15, 0.2) is 5.96 Å². The summed E-state index contributed by atoms with van der Waals surface area (Å²) >= 11 is 0. The van der Waals surface area contributed by atoms with E-state index >= 15 is 0 Å². The summed E-state index contributed by atoms with van der Waals surface area (Å²) in [6.07, 6.45) is 0. The van der Waals surface area contributed by atoms with Crippen molar-refractivity contribution in [3.63, 3.8) is 0 Å². The van der Waals surface area contributed by atoms with Gasteiger partial charge in [0.25, 0.3) is 0 Å². The third kappa shape index (κ3) is 7.77. The zero-order valence-corrected chi connectivity index (χ0v) is 17.8. The van der Waals surface area contributed by atoms with E-state index in [4.69, 9.17) is 0 Å². The molecule has 1 aromatic carbocycles. The first-order chi connectivity index (χ1) is 11.6. The molecule has 5 nitrogen and oxygen atoms in total. The van der Waals surface area contributed by atoms with E-state index in [-0.39, 0.29) is 29.8 Å². The summed E-state index contributed by atoms with van der Waals surface area (Å²) in [7, 11) is 0. The summed E-state index contributed by atoms with van der Waals surface area (Å²) in [5, 5.41) is 6.60. The Morgan fingerprint density at radius 2 is 1.80 bits per heavy atom. The summed E-state index contributed by atoms with van der Waals surface area (Å²) in [4.78, 5) is 9.37. The van der Waals surface area contributed by atoms with Crippen LogP contribution in [0.2, 0.25) is 0 Å². The van der Waals surface area contributed by atoms with Gasteiger partial charge in [0.05, 0.1) is 6.54 Å². The number of halogens is 2. The Morgan fingerprint density at radius 3 is 2.36 bits per heavy atom. The van der Waals surface area contributed by atoms with Gasteiger partial charge in [0.2, 0.25) is 0 Å². The lowest BCUT2D eigenvalue weighted by molar-refractivity contribution is 0.265. The lowest BCUT2D eigenvalue weighted by Gasteiger charge is -2.35. The SMILES string of the molecule is CCNC(=NCCN1CCN(c2ccc(F)cc2)CC1)NC(C)C.I. The van der Waals surface area contributed by atoms with Crippen LogP contribution in [0.4, 0.5) is 10.1 Å². The first kappa shape index (κ1) is 22.0. The molecule has 142 valence electrons. The molecule has 0 radical (unpaired) electrons. The minimum absolute atomic E-state index is 0. The highest BCUT2D eigenvalue weighted by Crippen LogP contribution is 2.16. The number of piperazine rings is 1. The molecule has 1 aromatic rings. The highest BCUT2D eigenvalue weighted by atomic mass is 127. The average molecular weight is 463 g/mol. The lowest BCUT2D eigenvalue weighted by Crippen LogP contribution is -2.47. The van der Waals surface area contributed by atoms with E-state index < -0.39 is 0 Å². The van der Waals surface area contributed by atoms with Gasteiger partial charge >= 0.3 is 0 Å². The van der Waals surface area contributed by atoms with Crippen LogP contribution in [0.5, 0.6) is 0 Å². The van der Waals surface area contributed by atoms with Crippen molar-refractivity contribution in [1.29, 1.82) is 0 Å². The van der Waals surface area contributed by atoms with Crippen molar-refractivity contribution in [2.75, 3.05) is 50.7 Å². The minimum Gasteiger partial charge on any atom is -0.369 e. The molecule has 0 saturated carbocycles. The van der Waals surface area contributed by atoms with Gasteiger partial charge in [-0.2, -0.15) is 0 Å². The van der Waals surface area contributed by atoms with Gasteiger partial charge in [0.1, 0.15) is 5.82 Å².